The first-order chi connectivity index (χ1) is 5.81. The Hall–Kier alpha value is -0.570. The van der Waals surface area contributed by atoms with Crippen LogP contribution in [-0.4, -0.2) is 21.8 Å². The van der Waals surface area contributed by atoms with Crippen LogP contribution >= 0.6 is 0 Å². The van der Waals surface area contributed by atoms with E-state index in [4.69, 9.17) is 5.11 Å². The molecular formula is C10H20O3. The molecule has 0 spiro atoms. The van der Waals surface area contributed by atoms with Crippen LogP contribution in [0, 0.1) is 5.41 Å². The smallest absolute Gasteiger partial charge is 0.312 e. The van der Waals surface area contributed by atoms with E-state index in [1.807, 2.05) is 13.8 Å². The van der Waals surface area contributed by atoms with Crippen LogP contribution in [0.1, 0.15) is 47.0 Å². The molecule has 78 valence electrons. The van der Waals surface area contributed by atoms with Gasteiger partial charge in [-0.3, -0.25) is 4.79 Å². The van der Waals surface area contributed by atoms with Crippen molar-refractivity contribution >= 4 is 5.97 Å². The molecule has 0 radical (unpaired) electrons. The Labute approximate surface area is 79.8 Å². The molecule has 0 saturated carbocycles. The first-order valence-corrected chi connectivity index (χ1v) is 4.77. The Bertz CT molecular complexity index is 187. The summed E-state index contributed by atoms with van der Waals surface area (Å²) in [5, 5.41) is 19.1. The number of aliphatic hydroxyl groups is 1. The fourth-order valence-electron chi connectivity index (χ4n) is 1.54. The van der Waals surface area contributed by atoms with E-state index in [1.165, 1.54) is 0 Å². The van der Waals surface area contributed by atoms with Crippen LogP contribution in [0.4, 0.5) is 0 Å². The van der Waals surface area contributed by atoms with E-state index in [2.05, 4.69) is 0 Å². The summed E-state index contributed by atoms with van der Waals surface area (Å²) in [6.45, 7) is 6.92. The summed E-state index contributed by atoms with van der Waals surface area (Å²) in [6.07, 6.45) is 1.80. The summed E-state index contributed by atoms with van der Waals surface area (Å²) >= 11 is 0. The lowest BCUT2D eigenvalue weighted by atomic mass is 9.71. The highest BCUT2D eigenvalue weighted by Gasteiger charge is 2.46. The Balaban J connectivity index is 4.82. The molecule has 0 heterocycles. The monoisotopic (exact) mass is 188 g/mol. The van der Waals surface area contributed by atoms with Crippen molar-refractivity contribution in [1.29, 1.82) is 0 Å². The minimum atomic E-state index is -1.09. The number of hydrogen-bond acceptors (Lipinski definition) is 2. The van der Waals surface area contributed by atoms with E-state index in [-0.39, 0.29) is 0 Å². The predicted molar refractivity (Wildman–Crippen MR) is 51.6 cm³/mol. The molecule has 0 aliphatic heterocycles. The lowest BCUT2D eigenvalue weighted by Crippen LogP contribution is -2.49. The van der Waals surface area contributed by atoms with Crippen molar-refractivity contribution < 1.29 is 15.0 Å². The molecule has 0 aliphatic carbocycles. The average molecular weight is 188 g/mol. The molecule has 3 nitrogen and oxygen atoms in total. The van der Waals surface area contributed by atoms with Crippen molar-refractivity contribution in [2.75, 3.05) is 0 Å². The molecule has 0 aromatic carbocycles. The maximum absolute atomic E-state index is 10.9. The Morgan fingerprint density at radius 2 is 1.77 bits per heavy atom. The van der Waals surface area contributed by atoms with Gasteiger partial charge in [0, 0.05) is 0 Å². The standard InChI is InChI=1S/C10H20O3/c1-5-7-10(13,6-2)9(3,4)8(11)12/h13H,5-7H2,1-4H3,(H,11,12). The number of carboxylic acids is 1. The van der Waals surface area contributed by atoms with Gasteiger partial charge in [-0.25, -0.2) is 0 Å². The highest BCUT2D eigenvalue weighted by Crippen LogP contribution is 2.37. The third kappa shape index (κ3) is 2.21. The molecule has 3 heteroatoms. The first-order valence-electron chi connectivity index (χ1n) is 4.77. The Morgan fingerprint density at radius 1 is 1.31 bits per heavy atom. The van der Waals surface area contributed by atoms with Gasteiger partial charge in [-0.1, -0.05) is 20.3 Å². The number of carboxylic acid groups (broad SMARTS) is 1. The SMILES string of the molecule is CCCC(O)(CC)C(C)(C)C(=O)O. The van der Waals surface area contributed by atoms with Crippen molar-refractivity contribution in [2.45, 2.75) is 52.6 Å². The molecule has 0 aromatic heterocycles. The van der Waals surface area contributed by atoms with Crippen molar-refractivity contribution in [2.24, 2.45) is 5.41 Å². The summed E-state index contributed by atoms with van der Waals surface area (Å²) < 4.78 is 0. The Morgan fingerprint density at radius 3 is 2.00 bits per heavy atom. The summed E-state index contributed by atoms with van der Waals surface area (Å²) in [4.78, 5) is 10.9. The lowest BCUT2D eigenvalue weighted by Gasteiger charge is -2.38. The minimum absolute atomic E-state index is 0.472. The van der Waals surface area contributed by atoms with Gasteiger partial charge in [-0.15, -0.1) is 0 Å². The third-order valence-corrected chi connectivity index (χ3v) is 2.95. The van der Waals surface area contributed by atoms with Gasteiger partial charge >= 0.3 is 5.97 Å². The van der Waals surface area contributed by atoms with Crippen LogP contribution in [-0.2, 0) is 4.79 Å². The average Bonchev–Trinajstić information content (AvgIpc) is 2.04. The Kier molecular flexibility index (Phi) is 3.91. The van der Waals surface area contributed by atoms with Gasteiger partial charge in [0.1, 0.15) is 0 Å². The van der Waals surface area contributed by atoms with Crippen molar-refractivity contribution in [1.82, 2.24) is 0 Å². The second-order valence-electron chi connectivity index (χ2n) is 4.07. The number of hydrogen-bond donors (Lipinski definition) is 2. The molecule has 0 aliphatic rings. The van der Waals surface area contributed by atoms with Gasteiger partial charge in [0.05, 0.1) is 11.0 Å². The molecule has 1 atom stereocenters. The summed E-state index contributed by atoms with van der Waals surface area (Å²) in [7, 11) is 0. The molecule has 0 fully saturated rings. The zero-order chi connectivity index (χ0) is 10.7. The lowest BCUT2D eigenvalue weighted by molar-refractivity contribution is -0.166. The topological polar surface area (TPSA) is 57.5 Å². The highest BCUT2D eigenvalue weighted by molar-refractivity contribution is 5.75. The largest absolute Gasteiger partial charge is 0.481 e. The molecule has 13 heavy (non-hydrogen) atoms. The van der Waals surface area contributed by atoms with Crippen LogP contribution < -0.4 is 0 Å². The zero-order valence-corrected chi connectivity index (χ0v) is 8.92. The predicted octanol–water partition coefficient (Wildman–Crippen LogP) is 2.04. The maximum atomic E-state index is 10.9. The second kappa shape index (κ2) is 4.09. The maximum Gasteiger partial charge on any atom is 0.312 e. The summed E-state index contributed by atoms with van der Waals surface area (Å²) in [6, 6.07) is 0. The van der Waals surface area contributed by atoms with Gasteiger partial charge in [0.25, 0.3) is 0 Å². The van der Waals surface area contributed by atoms with Crippen LogP contribution in [0.5, 0.6) is 0 Å². The summed E-state index contributed by atoms with van der Waals surface area (Å²) in [5.74, 6) is -0.940. The molecule has 0 bridgehead atoms. The molecule has 0 rings (SSSR count). The number of rotatable bonds is 5. The normalized spacial score (nSPS) is 16.7. The first kappa shape index (κ1) is 12.4. The highest BCUT2D eigenvalue weighted by atomic mass is 16.4. The van der Waals surface area contributed by atoms with Gasteiger partial charge in [0.15, 0.2) is 0 Å². The van der Waals surface area contributed by atoms with Crippen LogP contribution in [0.25, 0.3) is 0 Å². The molecule has 1 unspecified atom stereocenters. The van der Waals surface area contributed by atoms with Gasteiger partial charge in [0.2, 0.25) is 0 Å². The summed E-state index contributed by atoms with van der Waals surface area (Å²) in [5.41, 5.74) is -2.16. The molecular weight excluding hydrogens is 168 g/mol. The van der Waals surface area contributed by atoms with Crippen LogP contribution in [0.3, 0.4) is 0 Å². The van der Waals surface area contributed by atoms with Gasteiger partial charge < -0.3 is 10.2 Å². The van der Waals surface area contributed by atoms with E-state index >= 15 is 0 Å². The zero-order valence-electron chi connectivity index (χ0n) is 8.92. The molecule has 2 N–H and O–H groups in total. The van der Waals surface area contributed by atoms with Crippen molar-refractivity contribution in [3.05, 3.63) is 0 Å². The number of carbonyl (C=O) groups is 1. The minimum Gasteiger partial charge on any atom is -0.481 e. The molecule has 0 aromatic rings. The van der Waals surface area contributed by atoms with Crippen molar-refractivity contribution in [3.63, 3.8) is 0 Å². The van der Waals surface area contributed by atoms with Gasteiger partial charge in [-0.2, -0.15) is 0 Å². The van der Waals surface area contributed by atoms with Crippen LogP contribution in [0.15, 0.2) is 0 Å². The second-order valence-corrected chi connectivity index (χ2v) is 4.07. The number of aliphatic carboxylic acids is 1. The van der Waals surface area contributed by atoms with E-state index in [9.17, 15) is 9.90 Å². The third-order valence-electron chi connectivity index (χ3n) is 2.95. The fraction of sp³-hybridized carbons (Fsp3) is 0.900. The molecule has 0 amide bonds. The van der Waals surface area contributed by atoms with E-state index in [0.29, 0.717) is 12.8 Å². The van der Waals surface area contributed by atoms with Crippen LogP contribution in [0.2, 0.25) is 0 Å². The van der Waals surface area contributed by atoms with E-state index in [1.54, 1.807) is 13.8 Å². The van der Waals surface area contributed by atoms with Crippen molar-refractivity contribution in [3.8, 4) is 0 Å². The quantitative estimate of drug-likeness (QED) is 0.694. The van der Waals surface area contributed by atoms with Gasteiger partial charge in [-0.05, 0) is 26.7 Å². The molecule has 0 saturated heterocycles. The van der Waals surface area contributed by atoms with E-state index in [0.717, 1.165) is 6.42 Å². The fourth-order valence-corrected chi connectivity index (χ4v) is 1.54. The van der Waals surface area contributed by atoms with E-state index < -0.39 is 17.0 Å².